The second-order valence-electron chi connectivity index (χ2n) is 6.42. The maximum atomic E-state index is 12.3. The quantitative estimate of drug-likeness (QED) is 0.690. The number of hydrogen-bond donors (Lipinski definition) is 2. The lowest BCUT2D eigenvalue weighted by Gasteiger charge is -2.12. The maximum absolute atomic E-state index is 12.3. The summed E-state index contributed by atoms with van der Waals surface area (Å²) in [6.45, 7) is 2.55. The lowest BCUT2D eigenvalue weighted by molar-refractivity contribution is -0.122. The zero-order valence-electron chi connectivity index (χ0n) is 14.9. The fourth-order valence-electron chi connectivity index (χ4n) is 2.89. The van der Waals surface area contributed by atoms with Crippen molar-refractivity contribution in [3.05, 3.63) is 90.0 Å². The molecular weight excluding hydrogens is 322 g/mol. The van der Waals surface area contributed by atoms with Gasteiger partial charge in [0.25, 0.3) is 0 Å². The summed E-state index contributed by atoms with van der Waals surface area (Å²) < 4.78 is 0. The first kappa shape index (κ1) is 17.7. The summed E-state index contributed by atoms with van der Waals surface area (Å²) in [5.41, 5.74) is 4.39. The van der Waals surface area contributed by atoms with Crippen LogP contribution in [0.1, 0.15) is 24.0 Å². The van der Waals surface area contributed by atoms with Gasteiger partial charge in [0.1, 0.15) is 5.75 Å². The number of carbonyl (C=O) groups is 1. The minimum absolute atomic E-state index is 0.0527. The van der Waals surface area contributed by atoms with Crippen LogP contribution < -0.4 is 5.32 Å². The molecule has 0 spiro atoms. The van der Waals surface area contributed by atoms with Gasteiger partial charge in [-0.2, -0.15) is 0 Å². The molecule has 0 fully saturated rings. The fourth-order valence-corrected chi connectivity index (χ4v) is 2.89. The molecule has 3 aromatic rings. The Morgan fingerprint density at radius 2 is 1.46 bits per heavy atom. The van der Waals surface area contributed by atoms with E-state index in [2.05, 4.69) is 29.6 Å². The van der Waals surface area contributed by atoms with Gasteiger partial charge in [0.15, 0.2) is 0 Å². The molecule has 26 heavy (non-hydrogen) atoms. The van der Waals surface area contributed by atoms with E-state index in [1.165, 1.54) is 5.56 Å². The van der Waals surface area contributed by atoms with Crippen molar-refractivity contribution in [3.8, 4) is 16.9 Å². The molecule has 3 aromatic carbocycles. The highest BCUT2D eigenvalue weighted by Crippen LogP contribution is 2.22. The van der Waals surface area contributed by atoms with Crippen molar-refractivity contribution in [2.45, 2.75) is 19.3 Å². The van der Waals surface area contributed by atoms with Crippen molar-refractivity contribution < 1.29 is 9.90 Å². The molecule has 0 bridgehead atoms. The van der Waals surface area contributed by atoms with Crippen LogP contribution >= 0.6 is 0 Å². The molecule has 0 saturated heterocycles. The van der Waals surface area contributed by atoms with Gasteiger partial charge in [0.05, 0.1) is 5.92 Å². The first-order chi connectivity index (χ1) is 12.6. The smallest absolute Gasteiger partial charge is 0.227 e. The van der Waals surface area contributed by atoms with Crippen molar-refractivity contribution in [1.29, 1.82) is 0 Å². The van der Waals surface area contributed by atoms with Crippen LogP contribution in [-0.2, 0) is 11.2 Å². The summed E-state index contributed by atoms with van der Waals surface area (Å²) in [4.78, 5) is 12.3. The molecule has 0 aliphatic rings. The molecule has 1 amide bonds. The van der Waals surface area contributed by atoms with Crippen LogP contribution in [0.25, 0.3) is 11.1 Å². The lowest BCUT2D eigenvalue weighted by Crippen LogP contribution is -2.29. The molecular formula is C23H23NO2. The van der Waals surface area contributed by atoms with E-state index < -0.39 is 0 Å². The first-order valence-corrected chi connectivity index (χ1v) is 8.84. The van der Waals surface area contributed by atoms with Crippen molar-refractivity contribution in [1.82, 2.24) is 5.32 Å². The van der Waals surface area contributed by atoms with E-state index >= 15 is 0 Å². The normalized spacial score (nSPS) is 11.7. The number of nitrogens with one attached hydrogen (secondary N) is 1. The Hall–Kier alpha value is -3.07. The summed E-state index contributed by atoms with van der Waals surface area (Å²) in [6, 6.07) is 25.3. The molecule has 0 aromatic heterocycles. The van der Waals surface area contributed by atoms with Gasteiger partial charge >= 0.3 is 0 Å². The fraction of sp³-hybridized carbons (Fsp3) is 0.174. The minimum atomic E-state index is -0.145. The van der Waals surface area contributed by atoms with E-state index in [0.717, 1.165) is 23.1 Å². The van der Waals surface area contributed by atoms with Gasteiger partial charge in [-0.3, -0.25) is 4.79 Å². The third-order valence-electron chi connectivity index (χ3n) is 4.56. The Labute approximate surface area is 154 Å². The monoisotopic (exact) mass is 345 g/mol. The highest BCUT2D eigenvalue weighted by molar-refractivity contribution is 5.83. The molecule has 3 nitrogen and oxygen atoms in total. The van der Waals surface area contributed by atoms with E-state index in [0.29, 0.717) is 6.54 Å². The molecule has 1 atom stereocenters. The van der Waals surface area contributed by atoms with Crippen LogP contribution in [0.15, 0.2) is 78.9 Å². The molecule has 0 heterocycles. The number of phenolic OH excluding ortho intramolecular Hbond substituents is 1. The SMILES string of the molecule is CC(C(=O)NCCc1ccc(-c2ccc(O)cc2)cc1)c1ccccc1. The average molecular weight is 345 g/mol. The van der Waals surface area contributed by atoms with E-state index in [1.807, 2.05) is 49.4 Å². The summed E-state index contributed by atoms with van der Waals surface area (Å²) in [5, 5.41) is 12.4. The average Bonchev–Trinajstić information content (AvgIpc) is 2.69. The van der Waals surface area contributed by atoms with Crippen LogP contribution in [0, 0.1) is 0 Å². The zero-order chi connectivity index (χ0) is 18.4. The Kier molecular flexibility index (Phi) is 5.69. The van der Waals surface area contributed by atoms with E-state index in [9.17, 15) is 9.90 Å². The summed E-state index contributed by atoms with van der Waals surface area (Å²) >= 11 is 0. The number of benzene rings is 3. The zero-order valence-corrected chi connectivity index (χ0v) is 14.9. The van der Waals surface area contributed by atoms with Crippen molar-refractivity contribution >= 4 is 5.91 Å². The number of rotatable bonds is 6. The van der Waals surface area contributed by atoms with Crippen LogP contribution in [0.4, 0.5) is 0 Å². The standard InChI is InChI=1S/C23H23NO2/c1-17(19-5-3-2-4-6-19)23(26)24-16-15-18-7-9-20(10-8-18)21-11-13-22(25)14-12-21/h2-14,17,25H,15-16H2,1H3,(H,24,26). The summed E-state index contributed by atoms with van der Waals surface area (Å²) in [5.74, 6) is 0.177. The van der Waals surface area contributed by atoms with Crippen molar-refractivity contribution in [2.24, 2.45) is 0 Å². The number of amides is 1. The van der Waals surface area contributed by atoms with Gasteiger partial charge in [0, 0.05) is 6.54 Å². The molecule has 0 radical (unpaired) electrons. The molecule has 132 valence electrons. The van der Waals surface area contributed by atoms with Gasteiger partial charge < -0.3 is 10.4 Å². The maximum Gasteiger partial charge on any atom is 0.227 e. The topological polar surface area (TPSA) is 49.3 Å². The summed E-state index contributed by atoms with van der Waals surface area (Å²) in [7, 11) is 0. The second-order valence-corrected chi connectivity index (χ2v) is 6.42. The molecule has 0 saturated carbocycles. The molecule has 3 heteroatoms. The molecule has 3 rings (SSSR count). The van der Waals surface area contributed by atoms with Crippen LogP contribution in [0.2, 0.25) is 0 Å². The van der Waals surface area contributed by atoms with Gasteiger partial charge in [-0.1, -0.05) is 66.7 Å². The van der Waals surface area contributed by atoms with Crippen molar-refractivity contribution in [3.63, 3.8) is 0 Å². The van der Waals surface area contributed by atoms with Gasteiger partial charge in [-0.15, -0.1) is 0 Å². The van der Waals surface area contributed by atoms with Crippen LogP contribution in [-0.4, -0.2) is 17.6 Å². The minimum Gasteiger partial charge on any atom is -0.508 e. The predicted octanol–water partition coefficient (Wildman–Crippen LogP) is 4.52. The highest BCUT2D eigenvalue weighted by Gasteiger charge is 2.13. The van der Waals surface area contributed by atoms with Gasteiger partial charge in [0.2, 0.25) is 5.91 Å². The Morgan fingerprint density at radius 3 is 2.08 bits per heavy atom. The van der Waals surface area contributed by atoms with Crippen molar-refractivity contribution in [2.75, 3.05) is 6.54 Å². The summed E-state index contributed by atoms with van der Waals surface area (Å²) in [6.07, 6.45) is 0.795. The Balaban J connectivity index is 1.52. The van der Waals surface area contributed by atoms with Crippen LogP contribution in [0.5, 0.6) is 5.75 Å². The largest absolute Gasteiger partial charge is 0.508 e. The van der Waals surface area contributed by atoms with E-state index in [1.54, 1.807) is 12.1 Å². The van der Waals surface area contributed by atoms with Gasteiger partial charge in [-0.25, -0.2) is 0 Å². The Morgan fingerprint density at radius 1 is 0.885 bits per heavy atom. The first-order valence-electron chi connectivity index (χ1n) is 8.84. The van der Waals surface area contributed by atoms with Gasteiger partial charge in [-0.05, 0) is 47.7 Å². The number of phenols is 1. The number of carbonyl (C=O) groups excluding carboxylic acids is 1. The van der Waals surface area contributed by atoms with E-state index in [-0.39, 0.29) is 17.6 Å². The van der Waals surface area contributed by atoms with E-state index in [4.69, 9.17) is 0 Å². The third kappa shape index (κ3) is 4.51. The Bertz CT molecular complexity index is 840. The molecule has 1 unspecified atom stereocenters. The number of hydrogen-bond acceptors (Lipinski definition) is 2. The molecule has 0 aliphatic heterocycles. The number of aromatic hydroxyl groups is 1. The lowest BCUT2D eigenvalue weighted by atomic mass is 10.0. The third-order valence-corrected chi connectivity index (χ3v) is 4.56. The highest BCUT2D eigenvalue weighted by atomic mass is 16.3. The second kappa shape index (κ2) is 8.34. The molecule has 2 N–H and O–H groups in total. The van der Waals surface area contributed by atoms with Crippen LogP contribution in [0.3, 0.4) is 0 Å². The molecule has 0 aliphatic carbocycles. The predicted molar refractivity (Wildman–Crippen MR) is 105 cm³/mol.